The first kappa shape index (κ1) is 13.3. The highest BCUT2D eigenvalue weighted by atomic mass is 15.2. The lowest BCUT2D eigenvalue weighted by molar-refractivity contribution is 0.152. The zero-order valence-corrected chi connectivity index (χ0v) is 12.3. The molecule has 0 spiro atoms. The summed E-state index contributed by atoms with van der Waals surface area (Å²) < 4.78 is 0. The Morgan fingerprint density at radius 1 is 1.00 bits per heavy atom. The van der Waals surface area contributed by atoms with E-state index in [2.05, 4.69) is 78.5 Å². The van der Waals surface area contributed by atoms with Crippen LogP contribution < -0.4 is 0 Å². The Kier molecular flexibility index (Phi) is 3.86. The highest BCUT2D eigenvalue weighted by Crippen LogP contribution is 2.30. The topological polar surface area (TPSA) is 6.48 Å². The van der Waals surface area contributed by atoms with Crippen molar-refractivity contribution in [3.8, 4) is 0 Å². The Morgan fingerprint density at radius 2 is 1.70 bits per heavy atom. The van der Waals surface area contributed by atoms with Gasteiger partial charge in [-0.3, -0.25) is 4.90 Å². The van der Waals surface area contributed by atoms with Crippen molar-refractivity contribution in [1.82, 2.24) is 9.80 Å². The number of benzene rings is 2. The van der Waals surface area contributed by atoms with Gasteiger partial charge in [0.1, 0.15) is 0 Å². The molecule has 0 aliphatic carbocycles. The first-order valence-electron chi connectivity index (χ1n) is 7.24. The minimum Gasteiger partial charge on any atom is -0.301 e. The van der Waals surface area contributed by atoms with E-state index in [9.17, 15) is 0 Å². The minimum absolute atomic E-state index is 0.490. The molecule has 1 heterocycles. The maximum Gasteiger partial charge on any atom is 0.0472 e. The van der Waals surface area contributed by atoms with E-state index in [1.54, 1.807) is 0 Å². The van der Waals surface area contributed by atoms with E-state index in [1.807, 2.05) is 0 Å². The second-order valence-electron chi connectivity index (χ2n) is 5.83. The monoisotopic (exact) mass is 266 g/mol. The Bertz CT molecular complexity index is 563. The molecule has 0 fully saturated rings. The summed E-state index contributed by atoms with van der Waals surface area (Å²) in [5.41, 5.74) is 4.35. The molecule has 0 radical (unpaired) electrons. The average molecular weight is 266 g/mol. The number of hydrogen-bond acceptors (Lipinski definition) is 2. The Morgan fingerprint density at radius 3 is 2.45 bits per heavy atom. The van der Waals surface area contributed by atoms with Gasteiger partial charge in [0.15, 0.2) is 0 Å². The summed E-state index contributed by atoms with van der Waals surface area (Å²) in [6.07, 6.45) is 0. The zero-order chi connectivity index (χ0) is 13.9. The van der Waals surface area contributed by atoms with Crippen LogP contribution in [0.4, 0.5) is 0 Å². The van der Waals surface area contributed by atoms with Gasteiger partial charge < -0.3 is 4.90 Å². The van der Waals surface area contributed by atoms with E-state index >= 15 is 0 Å². The molecule has 0 N–H and O–H groups in total. The molecule has 1 aliphatic heterocycles. The number of likely N-dealkylation sites (N-methyl/N-ethyl adjacent to an activating group) is 1. The number of rotatable bonds is 3. The van der Waals surface area contributed by atoms with Gasteiger partial charge in [0, 0.05) is 25.7 Å². The van der Waals surface area contributed by atoms with Crippen LogP contribution in [0.3, 0.4) is 0 Å². The van der Waals surface area contributed by atoms with Crippen molar-refractivity contribution in [3.63, 3.8) is 0 Å². The van der Waals surface area contributed by atoms with Crippen LogP contribution in [0.15, 0.2) is 54.6 Å². The third kappa shape index (κ3) is 2.77. The van der Waals surface area contributed by atoms with Crippen molar-refractivity contribution in [1.29, 1.82) is 0 Å². The number of hydrogen-bond donors (Lipinski definition) is 0. The summed E-state index contributed by atoms with van der Waals surface area (Å²) >= 11 is 0. The van der Waals surface area contributed by atoms with E-state index in [1.165, 1.54) is 16.7 Å². The van der Waals surface area contributed by atoms with Crippen molar-refractivity contribution < 1.29 is 0 Å². The van der Waals surface area contributed by atoms with Gasteiger partial charge in [-0.05, 0) is 30.8 Å². The van der Waals surface area contributed by atoms with Crippen LogP contribution in [0.1, 0.15) is 22.7 Å². The Labute approximate surface area is 121 Å². The number of nitrogens with zero attached hydrogens (tertiary/aromatic N) is 2. The molecular weight excluding hydrogens is 244 g/mol. The molecule has 3 rings (SSSR count). The van der Waals surface area contributed by atoms with Gasteiger partial charge in [0.05, 0.1) is 0 Å². The molecule has 0 aromatic heterocycles. The molecule has 2 aromatic carbocycles. The molecule has 104 valence electrons. The van der Waals surface area contributed by atoms with Gasteiger partial charge in [0.2, 0.25) is 0 Å². The predicted octanol–water partition coefficient (Wildman–Crippen LogP) is 3.31. The van der Waals surface area contributed by atoms with Crippen molar-refractivity contribution in [2.45, 2.75) is 19.1 Å². The van der Waals surface area contributed by atoms with Crippen molar-refractivity contribution in [2.24, 2.45) is 0 Å². The summed E-state index contributed by atoms with van der Waals surface area (Å²) in [5, 5.41) is 0. The van der Waals surface area contributed by atoms with Gasteiger partial charge in [-0.25, -0.2) is 0 Å². The molecule has 1 aliphatic rings. The van der Waals surface area contributed by atoms with Crippen LogP contribution in [0.5, 0.6) is 0 Å². The third-order valence-corrected chi connectivity index (χ3v) is 4.11. The lowest BCUT2D eigenvalue weighted by atomic mass is 9.94. The maximum absolute atomic E-state index is 2.54. The first-order chi connectivity index (χ1) is 9.74. The molecule has 0 bridgehead atoms. The molecular formula is C18H22N2. The second kappa shape index (κ2) is 5.78. The smallest absolute Gasteiger partial charge is 0.0472 e. The highest BCUT2D eigenvalue weighted by molar-refractivity contribution is 5.32. The van der Waals surface area contributed by atoms with Crippen molar-refractivity contribution in [3.05, 3.63) is 71.3 Å². The predicted molar refractivity (Wildman–Crippen MR) is 83.4 cm³/mol. The minimum atomic E-state index is 0.490. The van der Waals surface area contributed by atoms with E-state index in [-0.39, 0.29) is 0 Å². The van der Waals surface area contributed by atoms with Crippen LogP contribution in [-0.4, -0.2) is 30.4 Å². The summed E-state index contributed by atoms with van der Waals surface area (Å²) in [6, 6.07) is 20.1. The SMILES string of the molecule is CN(C)[C@@H]1CN(Cc2ccccc2)Cc2ccccc21. The Hall–Kier alpha value is -1.64. The Balaban J connectivity index is 1.83. The fourth-order valence-electron chi connectivity index (χ4n) is 3.06. The van der Waals surface area contributed by atoms with Crippen molar-refractivity contribution in [2.75, 3.05) is 20.6 Å². The third-order valence-electron chi connectivity index (χ3n) is 4.11. The van der Waals surface area contributed by atoms with E-state index in [0.29, 0.717) is 6.04 Å². The fourth-order valence-corrected chi connectivity index (χ4v) is 3.06. The normalized spacial score (nSPS) is 19.1. The summed E-state index contributed by atoms with van der Waals surface area (Å²) in [4.78, 5) is 4.87. The first-order valence-corrected chi connectivity index (χ1v) is 7.24. The molecule has 2 aromatic rings. The van der Waals surface area contributed by atoms with Crippen LogP contribution in [0.2, 0.25) is 0 Å². The number of fused-ring (bicyclic) bond motifs is 1. The molecule has 0 amide bonds. The molecule has 0 saturated heterocycles. The van der Waals surface area contributed by atoms with Crippen LogP contribution in [0.25, 0.3) is 0 Å². The zero-order valence-electron chi connectivity index (χ0n) is 12.3. The molecule has 0 saturated carbocycles. The van der Waals surface area contributed by atoms with Crippen LogP contribution in [0, 0.1) is 0 Å². The van der Waals surface area contributed by atoms with Gasteiger partial charge in [-0.2, -0.15) is 0 Å². The lowest BCUT2D eigenvalue weighted by Gasteiger charge is -2.38. The largest absolute Gasteiger partial charge is 0.301 e. The summed E-state index contributed by atoms with van der Waals surface area (Å²) in [7, 11) is 4.35. The lowest BCUT2D eigenvalue weighted by Crippen LogP contribution is -2.38. The standard InChI is InChI=1S/C18H22N2/c1-19(2)18-14-20(12-15-8-4-3-5-9-15)13-16-10-6-7-11-17(16)18/h3-11,18H,12-14H2,1-2H3/t18-/m1/s1. The van der Waals surface area contributed by atoms with Crippen molar-refractivity contribution >= 4 is 0 Å². The van der Waals surface area contributed by atoms with E-state index < -0.39 is 0 Å². The molecule has 1 atom stereocenters. The van der Waals surface area contributed by atoms with Gasteiger partial charge in [-0.1, -0.05) is 54.6 Å². The fraction of sp³-hybridized carbons (Fsp3) is 0.333. The average Bonchev–Trinajstić information content (AvgIpc) is 2.47. The maximum atomic E-state index is 2.54. The molecule has 20 heavy (non-hydrogen) atoms. The van der Waals surface area contributed by atoms with Crippen LogP contribution in [-0.2, 0) is 13.1 Å². The molecule has 2 nitrogen and oxygen atoms in total. The quantitative estimate of drug-likeness (QED) is 0.841. The second-order valence-corrected chi connectivity index (χ2v) is 5.83. The van der Waals surface area contributed by atoms with Gasteiger partial charge >= 0.3 is 0 Å². The highest BCUT2D eigenvalue weighted by Gasteiger charge is 2.26. The van der Waals surface area contributed by atoms with Gasteiger partial charge in [0.25, 0.3) is 0 Å². The van der Waals surface area contributed by atoms with E-state index in [4.69, 9.17) is 0 Å². The van der Waals surface area contributed by atoms with Gasteiger partial charge in [-0.15, -0.1) is 0 Å². The summed E-state index contributed by atoms with van der Waals surface area (Å²) in [6.45, 7) is 3.17. The van der Waals surface area contributed by atoms with Crippen LogP contribution >= 0.6 is 0 Å². The summed E-state index contributed by atoms with van der Waals surface area (Å²) in [5.74, 6) is 0. The molecule has 0 unspecified atom stereocenters. The molecule has 2 heteroatoms. The van der Waals surface area contributed by atoms with E-state index in [0.717, 1.165) is 19.6 Å².